The molecule has 0 aliphatic carbocycles. The Balaban J connectivity index is 2.74. The first-order chi connectivity index (χ1) is 8.86. The molecule has 0 aliphatic rings. The predicted octanol–water partition coefficient (Wildman–Crippen LogP) is 3.00. The van der Waals surface area contributed by atoms with Crippen LogP contribution in [0.25, 0.3) is 5.69 Å². The van der Waals surface area contributed by atoms with Gasteiger partial charge in [0.25, 0.3) is 0 Å². The molecule has 2 rings (SSSR count). The summed E-state index contributed by atoms with van der Waals surface area (Å²) in [6.07, 6.45) is -3.52. The number of hydrogen-bond donors (Lipinski definition) is 1. The molecule has 0 atom stereocenters. The molecule has 1 aromatic carbocycles. The topological polar surface area (TPSA) is 38.0 Å². The summed E-state index contributed by atoms with van der Waals surface area (Å²) in [4.78, 5) is 0. The number of aliphatic hydroxyl groups is 1. The Hall–Kier alpha value is -1.82. The van der Waals surface area contributed by atoms with Crippen LogP contribution in [0.3, 0.4) is 0 Å². The third-order valence-corrected chi connectivity index (χ3v) is 2.94. The van der Waals surface area contributed by atoms with Gasteiger partial charge in [-0.1, -0.05) is 18.2 Å². The number of aryl methyl sites for hydroxylation is 2. The van der Waals surface area contributed by atoms with Gasteiger partial charge >= 0.3 is 6.18 Å². The van der Waals surface area contributed by atoms with Crippen LogP contribution in [-0.4, -0.2) is 14.9 Å². The van der Waals surface area contributed by atoms with Crippen LogP contribution >= 0.6 is 0 Å². The monoisotopic (exact) mass is 270 g/mol. The maximum absolute atomic E-state index is 13.1. The van der Waals surface area contributed by atoms with Crippen LogP contribution in [0.1, 0.15) is 22.4 Å². The Morgan fingerprint density at radius 1 is 1.21 bits per heavy atom. The molecule has 0 radical (unpaired) electrons. The van der Waals surface area contributed by atoms with Crippen molar-refractivity contribution in [2.75, 3.05) is 0 Å². The number of para-hydroxylation sites is 1. The Labute approximate surface area is 108 Å². The van der Waals surface area contributed by atoms with Crippen LogP contribution in [0.5, 0.6) is 0 Å². The van der Waals surface area contributed by atoms with Gasteiger partial charge in [0.2, 0.25) is 0 Å². The van der Waals surface area contributed by atoms with Gasteiger partial charge in [0.1, 0.15) is 0 Å². The molecule has 0 bridgehead atoms. The smallest absolute Gasteiger partial charge is 0.392 e. The maximum Gasteiger partial charge on any atom is 0.433 e. The fraction of sp³-hybridized carbons (Fsp3) is 0.308. The van der Waals surface area contributed by atoms with E-state index < -0.39 is 18.5 Å². The van der Waals surface area contributed by atoms with E-state index in [1.807, 2.05) is 0 Å². The summed E-state index contributed by atoms with van der Waals surface area (Å²) in [5.74, 6) is 0. The largest absolute Gasteiger partial charge is 0.433 e. The van der Waals surface area contributed by atoms with Crippen molar-refractivity contribution in [3.8, 4) is 5.69 Å². The molecule has 0 amide bonds. The van der Waals surface area contributed by atoms with Crippen molar-refractivity contribution in [3.05, 3.63) is 46.8 Å². The van der Waals surface area contributed by atoms with Crippen molar-refractivity contribution < 1.29 is 18.3 Å². The van der Waals surface area contributed by atoms with E-state index in [0.717, 1.165) is 10.9 Å². The van der Waals surface area contributed by atoms with Gasteiger partial charge in [-0.2, -0.15) is 18.3 Å². The molecule has 0 aliphatic heterocycles. The molecular weight excluding hydrogens is 257 g/mol. The second-order valence-electron chi connectivity index (χ2n) is 4.33. The minimum Gasteiger partial charge on any atom is -0.392 e. The van der Waals surface area contributed by atoms with E-state index in [4.69, 9.17) is 5.11 Å². The zero-order chi connectivity index (χ0) is 14.2. The van der Waals surface area contributed by atoms with Crippen LogP contribution < -0.4 is 0 Å². The lowest BCUT2D eigenvalue weighted by Crippen LogP contribution is -2.17. The van der Waals surface area contributed by atoms with Crippen molar-refractivity contribution >= 4 is 0 Å². The van der Waals surface area contributed by atoms with Gasteiger partial charge in [0, 0.05) is 5.56 Å². The Morgan fingerprint density at radius 2 is 1.79 bits per heavy atom. The van der Waals surface area contributed by atoms with E-state index in [2.05, 4.69) is 5.10 Å². The van der Waals surface area contributed by atoms with E-state index in [1.54, 1.807) is 32.0 Å². The second kappa shape index (κ2) is 4.70. The summed E-state index contributed by atoms with van der Waals surface area (Å²) >= 11 is 0. The molecule has 1 aromatic heterocycles. The minimum absolute atomic E-state index is 0.227. The Kier molecular flexibility index (Phi) is 3.36. The summed E-state index contributed by atoms with van der Waals surface area (Å²) in [5, 5.41) is 12.8. The van der Waals surface area contributed by atoms with E-state index in [9.17, 15) is 13.2 Å². The quantitative estimate of drug-likeness (QED) is 0.911. The second-order valence-corrected chi connectivity index (χ2v) is 4.33. The molecular formula is C13H13F3N2O. The van der Waals surface area contributed by atoms with Crippen molar-refractivity contribution in [1.82, 2.24) is 9.78 Å². The number of nitrogens with zero attached hydrogens (tertiary/aromatic N) is 2. The molecule has 0 spiro atoms. The number of hydrogen-bond acceptors (Lipinski definition) is 2. The molecule has 0 unspecified atom stereocenters. The van der Waals surface area contributed by atoms with E-state index >= 15 is 0 Å². The number of rotatable bonds is 2. The molecule has 102 valence electrons. The lowest BCUT2D eigenvalue weighted by Gasteiger charge is -2.15. The fourth-order valence-electron chi connectivity index (χ4n) is 2.11. The first-order valence-electron chi connectivity index (χ1n) is 5.67. The van der Waals surface area contributed by atoms with Gasteiger partial charge in [-0.15, -0.1) is 0 Å². The number of benzene rings is 1. The van der Waals surface area contributed by atoms with Crippen molar-refractivity contribution in [2.24, 2.45) is 0 Å². The van der Waals surface area contributed by atoms with Gasteiger partial charge in [0.05, 0.1) is 18.5 Å². The highest BCUT2D eigenvalue weighted by atomic mass is 19.4. The standard InChI is InChI=1S/C13H13F3N2O/c1-8-4-3-5-9(2)11(8)18-12(13(14,15)16)10(7-19)6-17-18/h3-6,19H,7H2,1-2H3. The summed E-state index contributed by atoms with van der Waals surface area (Å²) < 4.78 is 40.2. The molecule has 1 N–H and O–H groups in total. The average molecular weight is 270 g/mol. The zero-order valence-corrected chi connectivity index (χ0v) is 10.5. The maximum atomic E-state index is 13.1. The number of aliphatic hydroxyl groups excluding tert-OH is 1. The van der Waals surface area contributed by atoms with Crippen molar-refractivity contribution in [3.63, 3.8) is 0 Å². The molecule has 1 heterocycles. The average Bonchev–Trinajstić information content (AvgIpc) is 2.72. The van der Waals surface area contributed by atoms with Gasteiger partial charge in [-0.25, -0.2) is 4.68 Å². The van der Waals surface area contributed by atoms with E-state index in [0.29, 0.717) is 16.8 Å². The lowest BCUT2D eigenvalue weighted by atomic mass is 10.1. The third kappa shape index (κ3) is 2.35. The number of halogens is 3. The summed E-state index contributed by atoms with van der Waals surface area (Å²) in [5.41, 5.74) is 0.633. The minimum atomic E-state index is -4.57. The summed E-state index contributed by atoms with van der Waals surface area (Å²) in [6.45, 7) is 2.76. The number of alkyl halides is 3. The number of aromatic nitrogens is 2. The van der Waals surface area contributed by atoms with Crippen LogP contribution in [0.2, 0.25) is 0 Å². The lowest BCUT2D eigenvalue weighted by molar-refractivity contribution is -0.143. The first kappa shape index (κ1) is 13.6. The molecule has 3 nitrogen and oxygen atoms in total. The molecule has 2 aromatic rings. The highest BCUT2D eigenvalue weighted by Gasteiger charge is 2.38. The molecule has 19 heavy (non-hydrogen) atoms. The van der Waals surface area contributed by atoms with Crippen LogP contribution in [0, 0.1) is 13.8 Å². The fourth-order valence-corrected chi connectivity index (χ4v) is 2.11. The molecule has 6 heteroatoms. The highest BCUT2D eigenvalue weighted by molar-refractivity contribution is 5.48. The van der Waals surface area contributed by atoms with Crippen molar-refractivity contribution in [2.45, 2.75) is 26.6 Å². The van der Waals surface area contributed by atoms with Crippen molar-refractivity contribution in [1.29, 1.82) is 0 Å². The highest BCUT2D eigenvalue weighted by Crippen LogP contribution is 2.34. The Morgan fingerprint density at radius 3 is 2.26 bits per heavy atom. The van der Waals surface area contributed by atoms with E-state index in [-0.39, 0.29) is 5.56 Å². The SMILES string of the molecule is Cc1cccc(C)c1-n1ncc(CO)c1C(F)(F)F. The third-order valence-electron chi connectivity index (χ3n) is 2.94. The first-order valence-corrected chi connectivity index (χ1v) is 5.67. The molecule has 0 fully saturated rings. The van der Waals surface area contributed by atoms with E-state index in [1.165, 1.54) is 0 Å². The van der Waals surface area contributed by atoms with Crippen LogP contribution in [0.4, 0.5) is 13.2 Å². The van der Waals surface area contributed by atoms with Crippen LogP contribution in [-0.2, 0) is 12.8 Å². The predicted molar refractivity (Wildman–Crippen MR) is 64.0 cm³/mol. The Bertz CT molecular complexity index is 582. The van der Waals surface area contributed by atoms with Gasteiger partial charge in [-0.3, -0.25) is 0 Å². The molecule has 0 saturated heterocycles. The van der Waals surface area contributed by atoms with Gasteiger partial charge in [-0.05, 0) is 25.0 Å². The normalized spacial score (nSPS) is 11.9. The summed E-state index contributed by atoms with van der Waals surface area (Å²) in [6, 6.07) is 5.23. The van der Waals surface area contributed by atoms with Crippen LogP contribution in [0.15, 0.2) is 24.4 Å². The summed E-state index contributed by atoms with van der Waals surface area (Å²) in [7, 11) is 0. The van der Waals surface area contributed by atoms with Gasteiger partial charge in [0.15, 0.2) is 5.69 Å². The molecule has 0 saturated carbocycles. The zero-order valence-electron chi connectivity index (χ0n) is 10.5. The van der Waals surface area contributed by atoms with Gasteiger partial charge < -0.3 is 5.11 Å².